The zero-order valence-electron chi connectivity index (χ0n) is 10.9. The van der Waals surface area contributed by atoms with E-state index in [-0.39, 0.29) is 35.0 Å². The molecule has 0 spiro atoms. The maximum atomic E-state index is 8.88. The molecule has 0 heterocycles. The SMILES string of the molecule is Cc1cc[c-]c(C(C)(C)C)c1.O=P(O)(O)O.[Na+]. The summed E-state index contributed by atoms with van der Waals surface area (Å²) < 4.78 is 8.88. The predicted molar refractivity (Wildman–Crippen MR) is 63.0 cm³/mol. The summed E-state index contributed by atoms with van der Waals surface area (Å²) in [5.74, 6) is 0. The molecule has 1 aromatic rings. The first kappa shape index (κ1) is 19.7. The largest absolute Gasteiger partial charge is 1.00 e. The molecule has 6 heteroatoms. The van der Waals surface area contributed by atoms with Gasteiger partial charge in [-0.05, 0) is 5.41 Å². The van der Waals surface area contributed by atoms with Gasteiger partial charge in [-0.1, -0.05) is 27.7 Å². The number of phosphoric acid groups is 1. The van der Waals surface area contributed by atoms with Gasteiger partial charge in [0.15, 0.2) is 0 Å². The molecular formula is C11H18NaO4P. The molecule has 0 radical (unpaired) electrons. The van der Waals surface area contributed by atoms with Gasteiger partial charge in [0.2, 0.25) is 0 Å². The topological polar surface area (TPSA) is 77.8 Å². The van der Waals surface area contributed by atoms with Crippen molar-refractivity contribution in [1.29, 1.82) is 0 Å². The molecule has 1 rings (SSSR count). The molecule has 0 aliphatic heterocycles. The maximum absolute atomic E-state index is 8.88. The number of rotatable bonds is 0. The number of benzene rings is 1. The van der Waals surface area contributed by atoms with E-state index in [4.69, 9.17) is 19.2 Å². The van der Waals surface area contributed by atoms with Crippen molar-refractivity contribution in [3.63, 3.8) is 0 Å². The molecule has 92 valence electrons. The summed E-state index contributed by atoms with van der Waals surface area (Å²) in [7, 11) is -4.64. The normalized spacial score (nSPS) is 11.0. The Hall–Kier alpha value is 0.330. The van der Waals surface area contributed by atoms with E-state index in [9.17, 15) is 0 Å². The molecule has 4 nitrogen and oxygen atoms in total. The Bertz CT molecular complexity index is 373. The van der Waals surface area contributed by atoms with Crippen LogP contribution in [0.15, 0.2) is 18.2 Å². The van der Waals surface area contributed by atoms with Crippen molar-refractivity contribution in [3.05, 3.63) is 35.4 Å². The Balaban J connectivity index is 0. The second kappa shape index (κ2) is 7.70. The summed E-state index contributed by atoms with van der Waals surface area (Å²) >= 11 is 0. The Labute approximate surface area is 125 Å². The van der Waals surface area contributed by atoms with E-state index in [2.05, 4.69) is 45.9 Å². The van der Waals surface area contributed by atoms with E-state index in [1.807, 2.05) is 6.07 Å². The maximum Gasteiger partial charge on any atom is 1.00 e. The van der Waals surface area contributed by atoms with Crippen LogP contribution >= 0.6 is 7.82 Å². The van der Waals surface area contributed by atoms with E-state index in [1.165, 1.54) is 11.1 Å². The summed E-state index contributed by atoms with van der Waals surface area (Å²) in [5.41, 5.74) is 2.83. The zero-order valence-corrected chi connectivity index (χ0v) is 13.8. The van der Waals surface area contributed by atoms with Crippen LogP contribution in [0.2, 0.25) is 0 Å². The van der Waals surface area contributed by atoms with Gasteiger partial charge in [0.05, 0.1) is 0 Å². The van der Waals surface area contributed by atoms with Crippen LogP contribution in [-0.4, -0.2) is 14.7 Å². The van der Waals surface area contributed by atoms with Gasteiger partial charge >= 0.3 is 37.4 Å². The molecular weight excluding hydrogens is 250 g/mol. The molecule has 1 aromatic carbocycles. The van der Waals surface area contributed by atoms with Crippen molar-refractivity contribution in [1.82, 2.24) is 0 Å². The van der Waals surface area contributed by atoms with Gasteiger partial charge < -0.3 is 14.7 Å². The molecule has 3 N–H and O–H groups in total. The zero-order chi connectivity index (χ0) is 13.0. The Morgan fingerprint density at radius 3 is 1.88 bits per heavy atom. The van der Waals surface area contributed by atoms with Crippen LogP contribution in [-0.2, 0) is 9.98 Å². The average molecular weight is 268 g/mol. The molecule has 0 saturated carbocycles. The molecule has 0 unspecified atom stereocenters. The molecule has 0 aliphatic carbocycles. The number of aryl methyl sites for hydroxylation is 1. The Morgan fingerprint density at radius 2 is 1.65 bits per heavy atom. The molecule has 0 atom stereocenters. The molecule has 0 aromatic heterocycles. The van der Waals surface area contributed by atoms with Gasteiger partial charge in [-0.25, -0.2) is 4.57 Å². The van der Waals surface area contributed by atoms with Gasteiger partial charge in [-0.3, -0.25) is 0 Å². The van der Waals surface area contributed by atoms with E-state index < -0.39 is 7.82 Å². The van der Waals surface area contributed by atoms with Crippen LogP contribution in [0, 0.1) is 13.0 Å². The second-order valence-corrected chi connectivity index (χ2v) is 5.57. The van der Waals surface area contributed by atoms with E-state index >= 15 is 0 Å². The van der Waals surface area contributed by atoms with Gasteiger partial charge in [0, 0.05) is 0 Å². The molecule has 0 amide bonds. The van der Waals surface area contributed by atoms with Crippen LogP contribution in [0.5, 0.6) is 0 Å². The molecule has 0 bridgehead atoms. The minimum atomic E-state index is -4.64. The first-order chi connectivity index (χ1) is 7.00. The van der Waals surface area contributed by atoms with Gasteiger partial charge in [0.25, 0.3) is 0 Å². The van der Waals surface area contributed by atoms with Crippen LogP contribution < -0.4 is 29.6 Å². The van der Waals surface area contributed by atoms with Gasteiger partial charge in [-0.15, -0.1) is 0 Å². The first-order valence-electron chi connectivity index (χ1n) is 4.77. The number of hydrogen-bond acceptors (Lipinski definition) is 1. The summed E-state index contributed by atoms with van der Waals surface area (Å²) in [6.07, 6.45) is 0. The molecule has 17 heavy (non-hydrogen) atoms. The quantitative estimate of drug-likeness (QED) is 0.326. The van der Waals surface area contributed by atoms with Crippen LogP contribution in [0.25, 0.3) is 0 Å². The summed E-state index contributed by atoms with van der Waals surface area (Å²) in [4.78, 5) is 21.6. The van der Waals surface area contributed by atoms with Crippen molar-refractivity contribution in [2.24, 2.45) is 0 Å². The molecule has 0 aliphatic rings. The van der Waals surface area contributed by atoms with Gasteiger partial charge in [-0.2, -0.15) is 35.4 Å². The molecule has 0 saturated heterocycles. The number of hydrogen-bond donors (Lipinski definition) is 3. The summed E-state index contributed by atoms with van der Waals surface area (Å²) in [6, 6.07) is 9.52. The van der Waals surface area contributed by atoms with Crippen molar-refractivity contribution >= 4 is 7.82 Å². The van der Waals surface area contributed by atoms with Crippen molar-refractivity contribution in [3.8, 4) is 0 Å². The fourth-order valence-corrected chi connectivity index (χ4v) is 1.01. The standard InChI is InChI=1S/C11H15.Na.H3O4P/c1-9-6-5-7-10(8-9)11(2,3)4;;1-5(2,3)4/h5-6,8H,1-4H3;;(H3,1,2,3,4)/q-1;+1;. The van der Waals surface area contributed by atoms with E-state index in [0.29, 0.717) is 0 Å². The third-order valence-corrected chi connectivity index (χ3v) is 1.77. The summed E-state index contributed by atoms with van der Waals surface area (Å²) in [6.45, 7) is 8.73. The van der Waals surface area contributed by atoms with Crippen LogP contribution in [0.1, 0.15) is 31.9 Å². The predicted octanol–water partition coefficient (Wildman–Crippen LogP) is -0.832. The monoisotopic (exact) mass is 268 g/mol. The Kier molecular flexibility index (Phi) is 8.90. The fraction of sp³-hybridized carbons (Fsp3) is 0.455. The minimum absolute atomic E-state index is 0. The third kappa shape index (κ3) is 12.6. The smallest absolute Gasteiger partial charge is 0.303 e. The van der Waals surface area contributed by atoms with Crippen molar-refractivity contribution in [2.45, 2.75) is 33.1 Å². The summed E-state index contributed by atoms with van der Waals surface area (Å²) in [5, 5.41) is 0. The third-order valence-electron chi connectivity index (χ3n) is 1.77. The van der Waals surface area contributed by atoms with E-state index in [1.54, 1.807) is 0 Å². The molecule has 0 fully saturated rings. The first-order valence-corrected chi connectivity index (χ1v) is 6.34. The van der Waals surface area contributed by atoms with Crippen molar-refractivity contribution < 1.29 is 48.8 Å². The average Bonchev–Trinajstić information content (AvgIpc) is 1.99. The Morgan fingerprint density at radius 1 is 1.24 bits per heavy atom. The second-order valence-electron chi connectivity index (χ2n) is 4.54. The van der Waals surface area contributed by atoms with E-state index in [0.717, 1.165) is 0 Å². The van der Waals surface area contributed by atoms with Crippen LogP contribution in [0.3, 0.4) is 0 Å². The van der Waals surface area contributed by atoms with Gasteiger partial charge in [0.1, 0.15) is 0 Å². The van der Waals surface area contributed by atoms with Crippen molar-refractivity contribution in [2.75, 3.05) is 0 Å². The fourth-order valence-electron chi connectivity index (χ4n) is 1.01. The van der Waals surface area contributed by atoms with Crippen LogP contribution in [0.4, 0.5) is 0 Å². The minimum Gasteiger partial charge on any atom is -0.303 e.